The molecule has 0 aliphatic carbocycles. The van der Waals surface area contributed by atoms with Gasteiger partial charge in [-0.2, -0.15) is 0 Å². The first-order valence-electron chi connectivity index (χ1n) is 12.5. The summed E-state index contributed by atoms with van der Waals surface area (Å²) in [5, 5.41) is 0.974. The van der Waals surface area contributed by atoms with E-state index in [1.54, 1.807) is 25.6 Å². The van der Waals surface area contributed by atoms with Crippen LogP contribution in [-0.2, 0) is 17.8 Å². The number of methoxy groups -OCH3 is 2. The van der Waals surface area contributed by atoms with Gasteiger partial charge in [0, 0.05) is 42.7 Å². The zero-order chi connectivity index (χ0) is 25.2. The Morgan fingerprint density at radius 3 is 2.76 bits per heavy atom. The lowest BCUT2D eigenvalue weighted by Crippen LogP contribution is -2.25. The molecule has 2 aliphatic rings. The van der Waals surface area contributed by atoms with Gasteiger partial charge in [-0.3, -0.25) is 4.90 Å². The molecule has 2 aliphatic heterocycles. The monoisotopic (exact) mass is 518 g/mol. The van der Waals surface area contributed by atoms with Crippen LogP contribution in [0.1, 0.15) is 17.5 Å². The number of thiazole rings is 1. The van der Waals surface area contributed by atoms with Gasteiger partial charge in [-0.1, -0.05) is 12.1 Å². The summed E-state index contributed by atoms with van der Waals surface area (Å²) in [6.07, 6.45) is 0.903. The minimum absolute atomic E-state index is 0.0266. The fraction of sp³-hybridized carbons (Fsp3) is 0.345. The summed E-state index contributed by atoms with van der Waals surface area (Å²) in [6.45, 7) is 4.09. The molecule has 6 rings (SSSR count). The van der Waals surface area contributed by atoms with Crippen molar-refractivity contribution in [1.82, 2.24) is 9.88 Å². The van der Waals surface area contributed by atoms with E-state index in [4.69, 9.17) is 28.7 Å². The Hall–Kier alpha value is -3.33. The minimum atomic E-state index is 0.0266. The summed E-state index contributed by atoms with van der Waals surface area (Å²) in [5.41, 5.74) is 4.21. The number of aromatic nitrogens is 1. The van der Waals surface area contributed by atoms with E-state index in [-0.39, 0.29) is 6.10 Å². The fourth-order valence-electron chi connectivity index (χ4n) is 4.91. The van der Waals surface area contributed by atoms with E-state index in [0.717, 1.165) is 69.8 Å². The van der Waals surface area contributed by atoms with Crippen molar-refractivity contribution in [2.75, 3.05) is 40.6 Å². The number of fused-ring (bicyclic) bond motifs is 2. The number of para-hydroxylation sites is 1. The Balaban J connectivity index is 1.36. The smallest absolute Gasteiger partial charge is 0.165 e. The standard InChI is InChI=1S/C29H30N2O5S/c1-32-22-7-8-25(33-2)20(14-22)16-31-10-12-35-28-21(17-31)13-19(15-26(28)36-23-9-11-34-18-23)29-30-24-5-3-4-6-27(24)37-29/h3-8,13-15,23H,9-12,16-18H2,1-2H3/t23-/m1/s1. The normalized spacial score (nSPS) is 17.7. The molecule has 0 amide bonds. The third kappa shape index (κ3) is 5.09. The van der Waals surface area contributed by atoms with Gasteiger partial charge in [0.1, 0.15) is 29.2 Å². The number of hydrogen-bond acceptors (Lipinski definition) is 8. The zero-order valence-corrected chi connectivity index (χ0v) is 21.9. The van der Waals surface area contributed by atoms with E-state index >= 15 is 0 Å². The van der Waals surface area contributed by atoms with Crippen LogP contribution in [0, 0.1) is 0 Å². The van der Waals surface area contributed by atoms with Crippen molar-refractivity contribution in [3.8, 4) is 33.6 Å². The second-order valence-corrected chi connectivity index (χ2v) is 10.3. The zero-order valence-electron chi connectivity index (χ0n) is 21.1. The average Bonchev–Trinajstić information content (AvgIpc) is 3.55. The molecule has 37 heavy (non-hydrogen) atoms. The molecule has 7 nitrogen and oxygen atoms in total. The lowest BCUT2D eigenvalue weighted by atomic mass is 10.1. The van der Waals surface area contributed by atoms with Crippen molar-refractivity contribution >= 4 is 21.6 Å². The molecular formula is C29H30N2O5S. The van der Waals surface area contributed by atoms with Gasteiger partial charge >= 0.3 is 0 Å². The molecule has 0 bridgehead atoms. The molecule has 1 saturated heterocycles. The summed E-state index contributed by atoms with van der Waals surface area (Å²) in [5.74, 6) is 3.24. The van der Waals surface area contributed by atoms with Crippen molar-refractivity contribution in [3.05, 3.63) is 65.7 Å². The van der Waals surface area contributed by atoms with Crippen molar-refractivity contribution in [3.63, 3.8) is 0 Å². The molecule has 1 fully saturated rings. The van der Waals surface area contributed by atoms with Gasteiger partial charge < -0.3 is 23.7 Å². The molecule has 1 atom stereocenters. The molecule has 4 aromatic rings. The first-order valence-corrected chi connectivity index (χ1v) is 13.3. The van der Waals surface area contributed by atoms with Crippen LogP contribution < -0.4 is 18.9 Å². The highest BCUT2D eigenvalue weighted by Crippen LogP contribution is 2.41. The quantitative estimate of drug-likeness (QED) is 0.318. The molecular weight excluding hydrogens is 488 g/mol. The van der Waals surface area contributed by atoms with Crippen LogP contribution >= 0.6 is 11.3 Å². The topological polar surface area (TPSA) is 62.3 Å². The van der Waals surface area contributed by atoms with E-state index in [1.807, 2.05) is 24.3 Å². The maximum absolute atomic E-state index is 6.46. The van der Waals surface area contributed by atoms with Gasteiger partial charge in [-0.25, -0.2) is 4.98 Å². The number of nitrogens with zero attached hydrogens (tertiary/aromatic N) is 2. The van der Waals surface area contributed by atoms with Crippen LogP contribution in [-0.4, -0.2) is 56.6 Å². The summed E-state index contributed by atoms with van der Waals surface area (Å²) in [7, 11) is 3.38. The minimum Gasteiger partial charge on any atom is -0.497 e. The first-order chi connectivity index (χ1) is 18.2. The number of benzene rings is 3. The van der Waals surface area contributed by atoms with Crippen molar-refractivity contribution in [2.24, 2.45) is 0 Å². The third-order valence-corrected chi connectivity index (χ3v) is 7.87. The van der Waals surface area contributed by atoms with Crippen LogP contribution in [0.3, 0.4) is 0 Å². The highest BCUT2D eigenvalue weighted by Gasteiger charge is 2.26. The van der Waals surface area contributed by atoms with Crippen LogP contribution in [0.4, 0.5) is 0 Å². The van der Waals surface area contributed by atoms with E-state index in [0.29, 0.717) is 26.3 Å². The first kappa shape index (κ1) is 24.0. The molecule has 8 heteroatoms. The van der Waals surface area contributed by atoms with Crippen molar-refractivity contribution in [1.29, 1.82) is 0 Å². The van der Waals surface area contributed by atoms with Crippen LogP contribution in [0.25, 0.3) is 20.8 Å². The van der Waals surface area contributed by atoms with E-state index in [9.17, 15) is 0 Å². The Bertz CT molecular complexity index is 1370. The van der Waals surface area contributed by atoms with Crippen molar-refractivity contribution < 1.29 is 23.7 Å². The van der Waals surface area contributed by atoms with Crippen LogP contribution in [0.5, 0.6) is 23.0 Å². The molecule has 0 radical (unpaired) electrons. The average molecular weight is 519 g/mol. The lowest BCUT2D eigenvalue weighted by molar-refractivity contribution is 0.137. The van der Waals surface area contributed by atoms with Crippen LogP contribution in [0.15, 0.2) is 54.6 Å². The van der Waals surface area contributed by atoms with Crippen molar-refractivity contribution in [2.45, 2.75) is 25.6 Å². The Labute approximate surface area is 220 Å². The van der Waals surface area contributed by atoms with E-state index < -0.39 is 0 Å². The molecule has 3 aromatic carbocycles. The largest absolute Gasteiger partial charge is 0.497 e. The summed E-state index contributed by atoms with van der Waals surface area (Å²) >= 11 is 1.69. The lowest BCUT2D eigenvalue weighted by Gasteiger charge is -2.22. The molecule has 0 unspecified atom stereocenters. The molecule has 3 heterocycles. The number of hydrogen-bond donors (Lipinski definition) is 0. The Kier molecular flexibility index (Phi) is 6.87. The summed E-state index contributed by atoms with van der Waals surface area (Å²) in [6, 6.07) is 18.4. The predicted octanol–water partition coefficient (Wildman–Crippen LogP) is 5.54. The maximum atomic E-state index is 6.46. The summed E-state index contributed by atoms with van der Waals surface area (Å²) < 4.78 is 30.6. The van der Waals surface area contributed by atoms with Crippen LogP contribution in [0.2, 0.25) is 0 Å². The second-order valence-electron chi connectivity index (χ2n) is 9.29. The Morgan fingerprint density at radius 2 is 1.95 bits per heavy atom. The predicted molar refractivity (Wildman–Crippen MR) is 144 cm³/mol. The highest BCUT2D eigenvalue weighted by molar-refractivity contribution is 7.21. The van der Waals surface area contributed by atoms with Gasteiger partial charge in [0.25, 0.3) is 0 Å². The second kappa shape index (κ2) is 10.6. The van der Waals surface area contributed by atoms with Gasteiger partial charge in [0.15, 0.2) is 11.5 Å². The molecule has 0 saturated carbocycles. The molecule has 0 spiro atoms. The molecule has 192 valence electrons. The fourth-order valence-corrected chi connectivity index (χ4v) is 5.86. The summed E-state index contributed by atoms with van der Waals surface area (Å²) in [4.78, 5) is 7.28. The molecule has 0 N–H and O–H groups in total. The number of ether oxygens (including phenoxy) is 5. The van der Waals surface area contributed by atoms with Gasteiger partial charge in [-0.15, -0.1) is 11.3 Å². The SMILES string of the molecule is COc1ccc(OC)c(CN2CCOc3c(cc(-c4nc5ccccc5s4)cc3O[C@@H]3CCOC3)C2)c1. The van der Waals surface area contributed by atoms with E-state index in [1.165, 1.54) is 4.70 Å². The number of rotatable bonds is 7. The Morgan fingerprint density at radius 1 is 1.03 bits per heavy atom. The van der Waals surface area contributed by atoms with Gasteiger partial charge in [0.05, 0.1) is 37.6 Å². The third-order valence-electron chi connectivity index (χ3n) is 6.78. The van der Waals surface area contributed by atoms with E-state index in [2.05, 4.69) is 35.2 Å². The maximum Gasteiger partial charge on any atom is 0.165 e. The highest BCUT2D eigenvalue weighted by atomic mass is 32.1. The van der Waals surface area contributed by atoms with Gasteiger partial charge in [-0.05, 0) is 42.5 Å². The van der Waals surface area contributed by atoms with Gasteiger partial charge in [0.2, 0.25) is 0 Å². The molecule has 1 aromatic heterocycles.